The van der Waals surface area contributed by atoms with Gasteiger partial charge in [0.2, 0.25) is 11.9 Å². The molecule has 3 aliphatic heterocycles. The first-order chi connectivity index (χ1) is 17.2. The third-order valence-corrected chi connectivity index (χ3v) is 7.27. The van der Waals surface area contributed by atoms with Crippen molar-refractivity contribution >= 4 is 23.8 Å². The van der Waals surface area contributed by atoms with E-state index in [1.54, 1.807) is 12.4 Å². The molecule has 0 radical (unpaired) electrons. The van der Waals surface area contributed by atoms with Gasteiger partial charge in [0.1, 0.15) is 11.4 Å². The lowest BCUT2D eigenvalue weighted by atomic mass is 9.93. The van der Waals surface area contributed by atoms with Gasteiger partial charge in [-0.25, -0.2) is 19.7 Å². The summed E-state index contributed by atoms with van der Waals surface area (Å²) in [5, 5.41) is 0. The maximum absolute atomic E-state index is 12.9. The quantitative estimate of drug-likeness (QED) is 0.675. The van der Waals surface area contributed by atoms with Crippen LogP contribution in [0.1, 0.15) is 46.1 Å². The van der Waals surface area contributed by atoms with Crippen LogP contribution in [0.25, 0.3) is 11.3 Å². The van der Waals surface area contributed by atoms with Gasteiger partial charge in [-0.05, 0) is 40.0 Å². The van der Waals surface area contributed by atoms with Crippen LogP contribution < -0.4 is 15.5 Å². The van der Waals surface area contributed by atoms with Crippen molar-refractivity contribution in [3.8, 4) is 11.3 Å². The van der Waals surface area contributed by atoms with E-state index >= 15 is 0 Å². The molecule has 3 aliphatic rings. The zero-order chi connectivity index (χ0) is 25.5. The molecule has 0 aromatic carbocycles. The largest absolute Gasteiger partial charge is 0.444 e. The Morgan fingerprint density at radius 3 is 2.53 bits per heavy atom. The molecule has 5 heterocycles. The Morgan fingerprint density at radius 1 is 1.14 bits per heavy atom. The van der Waals surface area contributed by atoms with Crippen molar-refractivity contribution in [3.63, 3.8) is 0 Å². The summed E-state index contributed by atoms with van der Waals surface area (Å²) in [6.07, 6.45) is 5.77. The van der Waals surface area contributed by atoms with Gasteiger partial charge in [-0.3, -0.25) is 0 Å². The Hall–Kier alpha value is -3.21. The molecule has 36 heavy (non-hydrogen) atoms. The maximum Gasteiger partial charge on any atom is 0.410 e. The second kappa shape index (κ2) is 9.34. The molecule has 11 nitrogen and oxygen atoms in total. The highest BCUT2D eigenvalue weighted by molar-refractivity contribution is 5.74. The zero-order valence-corrected chi connectivity index (χ0v) is 21.7. The van der Waals surface area contributed by atoms with E-state index in [4.69, 9.17) is 25.2 Å². The first-order valence-corrected chi connectivity index (χ1v) is 12.8. The van der Waals surface area contributed by atoms with Gasteiger partial charge in [-0.1, -0.05) is 6.92 Å². The molecule has 11 heteroatoms. The fourth-order valence-electron chi connectivity index (χ4n) is 5.35. The molecule has 2 aromatic heterocycles. The first-order valence-electron chi connectivity index (χ1n) is 12.8. The van der Waals surface area contributed by atoms with Crippen molar-refractivity contribution in [2.75, 3.05) is 61.5 Å². The van der Waals surface area contributed by atoms with Crippen LogP contribution in [0.2, 0.25) is 0 Å². The highest BCUT2D eigenvalue weighted by Gasteiger charge is 2.47. The monoisotopic (exact) mass is 496 g/mol. The van der Waals surface area contributed by atoms with Crippen LogP contribution in [0.5, 0.6) is 0 Å². The van der Waals surface area contributed by atoms with Crippen molar-refractivity contribution < 1.29 is 14.3 Å². The van der Waals surface area contributed by atoms with E-state index in [2.05, 4.69) is 26.7 Å². The molecule has 2 N–H and O–H groups in total. The summed E-state index contributed by atoms with van der Waals surface area (Å²) in [6.45, 7) is 12.7. The Kier molecular flexibility index (Phi) is 6.36. The smallest absolute Gasteiger partial charge is 0.410 e. The van der Waals surface area contributed by atoms with E-state index in [1.807, 2.05) is 25.7 Å². The summed E-state index contributed by atoms with van der Waals surface area (Å²) in [5.41, 5.74) is 7.77. The summed E-state index contributed by atoms with van der Waals surface area (Å²) in [7, 11) is 0. The topological polar surface area (TPSA) is 123 Å². The molecule has 2 aromatic rings. The molecular weight excluding hydrogens is 460 g/mol. The number of likely N-dealkylation sites (tertiary alicyclic amines) is 1. The Morgan fingerprint density at radius 2 is 1.86 bits per heavy atom. The summed E-state index contributed by atoms with van der Waals surface area (Å²) < 4.78 is 11.2. The van der Waals surface area contributed by atoms with Gasteiger partial charge in [-0.2, -0.15) is 4.98 Å². The Labute approximate surface area is 212 Å². The minimum Gasteiger partial charge on any atom is -0.444 e. The minimum absolute atomic E-state index is 0.215. The van der Waals surface area contributed by atoms with Gasteiger partial charge < -0.3 is 29.9 Å². The lowest BCUT2D eigenvalue weighted by Gasteiger charge is -2.40. The van der Waals surface area contributed by atoms with Crippen molar-refractivity contribution in [1.29, 1.82) is 0 Å². The number of nitrogens with zero attached hydrogens (tertiary/aromatic N) is 7. The minimum atomic E-state index is -0.523. The standard InChI is InChI=1S/C25H36N8O3/c1-5-25(7-9-32(16-25)23(34)36-24(2,3)4)33-8-6-18-19(17-14-27-21(26)28-15-17)29-22(30-20(18)33)31-10-12-35-13-11-31/h14-15H,5-13,16H2,1-4H3,(H2,26,27,28)/t25-/m1/s1. The third-order valence-electron chi connectivity index (χ3n) is 7.27. The number of anilines is 3. The number of fused-ring (bicyclic) bond motifs is 1. The fourth-order valence-corrected chi connectivity index (χ4v) is 5.35. The molecule has 2 saturated heterocycles. The normalized spacial score (nSPS) is 22.2. The number of nitrogens with two attached hydrogens (primary N) is 1. The number of amides is 1. The van der Waals surface area contributed by atoms with Gasteiger partial charge in [0.05, 0.1) is 24.4 Å². The summed E-state index contributed by atoms with van der Waals surface area (Å²) in [5.74, 6) is 1.85. The number of morpholine rings is 1. The maximum atomic E-state index is 12.9. The molecule has 0 bridgehead atoms. The second-order valence-electron chi connectivity index (χ2n) is 10.7. The van der Waals surface area contributed by atoms with E-state index in [1.165, 1.54) is 0 Å². The van der Waals surface area contributed by atoms with Crippen molar-refractivity contribution in [3.05, 3.63) is 18.0 Å². The zero-order valence-electron chi connectivity index (χ0n) is 21.7. The van der Waals surface area contributed by atoms with Crippen LogP contribution in [-0.2, 0) is 15.9 Å². The predicted molar refractivity (Wildman–Crippen MR) is 137 cm³/mol. The molecule has 1 atom stereocenters. The van der Waals surface area contributed by atoms with Crippen molar-refractivity contribution in [2.45, 2.75) is 58.1 Å². The first kappa shape index (κ1) is 24.5. The van der Waals surface area contributed by atoms with Crippen molar-refractivity contribution in [2.24, 2.45) is 0 Å². The highest BCUT2D eigenvalue weighted by atomic mass is 16.6. The van der Waals surface area contributed by atoms with E-state index in [0.29, 0.717) is 32.3 Å². The van der Waals surface area contributed by atoms with Crippen LogP contribution in [0.15, 0.2) is 12.4 Å². The van der Waals surface area contributed by atoms with Crippen LogP contribution in [0.4, 0.5) is 22.5 Å². The number of aromatic nitrogens is 4. The SMILES string of the molecule is CC[C@@]1(N2CCc3c(-c4cnc(N)nc4)nc(N4CCOCC4)nc32)CCN(C(=O)OC(C)(C)C)C1. The van der Waals surface area contributed by atoms with Gasteiger partial charge in [0, 0.05) is 56.2 Å². The average molecular weight is 497 g/mol. The second-order valence-corrected chi connectivity index (χ2v) is 10.7. The molecule has 5 rings (SSSR count). The van der Waals surface area contributed by atoms with Gasteiger partial charge in [0.15, 0.2) is 0 Å². The number of ether oxygens (including phenoxy) is 2. The van der Waals surface area contributed by atoms with Crippen molar-refractivity contribution in [1.82, 2.24) is 24.8 Å². The molecule has 0 unspecified atom stereocenters. The number of carbonyl (C=O) groups excluding carboxylic acids is 1. The van der Waals surface area contributed by atoms with E-state index in [9.17, 15) is 4.79 Å². The summed E-state index contributed by atoms with van der Waals surface area (Å²) in [4.78, 5) is 37.8. The molecule has 1 amide bonds. The fraction of sp³-hybridized carbons (Fsp3) is 0.640. The molecule has 0 saturated carbocycles. The van der Waals surface area contributed by atoms with Crippen LogP contribution >= 0.6 is 0 Å². The van der Waals surface area contributed by atoms with E-state index in [0.717, 1.165) is 61.5 Å². The lowest BCUT2D eigenvalue weighted by Crippen LogP contribution is -2.51. The number of hydrogen-bond acceptors (Lipinski definition) is 10. The third kappa shape index (κ3) is 4.63. The highest BCUT2D eigenvalue weighted by Crippen LogP contribution is 2.43. The predicted octanol–water partition coefficient (Wildman–Crippen LogP) is 2.50. The number of nitrogen functional groups attached to an aromatic ring is 1. The summed E-state index contributed by atoms with van der Waals surface area (Å²) in [6, 6.07) is 0. The average Bonchev–Trinajstić information content (AvgIpc) is 3.49. The van der Waals surface area contributed by atoms with E-state index in [-0.39, 0.29) is 17.6 Å². The lowest BCUT2D eigenvalue weighted by molar-refractivity contribution is 0.0283. The molecule has 194 valence electrons. The van der Waals surface area contributed by atoms with Gasteiger partial charge >= 0.3 is 6.09 Å². The van der Waals surface area contributed by atoms with E-state index < -0.39 is 5.60 Å². The van der Waals surface area contributed by atoms with Gasteiger partial charge in [0.25, 0.3) is 0 Å². The summed E-state index contributed by atoms with van der Waals surface area (Å²) >= 11 is 0. The van der Waals surface area contributed by atoms with Crippen LogP contribution in [0, 0.1) is 0 Å². The number of hydrogen-bond donors (Lipinski definition) is 1. The molecule has 2 fully saturated rings. The molecule has 0 aliphatic carbocycles. The Bertz CT molecular complexity index is 1110. The van der Waals surface area contributed by atoms with Gasteiger partial charge in [-0.15, -0.1) is 0 Å². The molecule has 0 spiro atoms. The van der Waals surface area contributed by atoms with Crippen LogP contribution in [0.3, 0.4) is 0 Å². The van der Waals surface area contributed by atoms with Crippen LogP contribution in [-0.4, -0.2) is 88.0 Å². The number of carbonyl (C=O) groups is 1. The molecular formula is C25H36N8O3. The number of rotatable bonds is 4. The Balaban J connectivity index is 1.52.